The third kappa shape index (κ3) is 5.42. The summed E-state index contributed by atoms with van der Waals surface area (Å²) >= 11 is 0. The molecule has 2 amide bonds. The molecule has 0 aliphatic carbocycles. The Morgan fingerprint density at radius 3 is 2.48 bits per heavy atom. The minimum absolute atomic E-state index is 0.130. The quantitative estimate of drug-likeness (QED) is 0.597. The minimum atomic E-state index is -0.578. The monoisotopic (exact) mass is 341 g/mol. The molecule has 0 bridgehead atoms. The number of aryl methyl sites for hydroxylation is 1. The summed E-state index contributed by atoms with van der Waals surface area (Å²) in [5.41, 5.74) is 1.80. The zero-order valence-corrected chi connectivity index (χ0v) is 13.8. The highest BCUT2D eigenvalue weighted by molar-refractivity contribution is 5.99. The normalized spacial score (nSPS) is 10.1. The van der Waals surface area contributed by atoms with Crippen LogP contribution in [0.15, 0.2) is 48.5 Å². The van der Waals surface area contributed by atoms with Crippen molar-refractivity contribution < 1.29 is 14.5 Å². The second-order valence-electron chi connectivity index (χ2n) is 5.49. The zero-order chi connectivity index (χ0) is 18.2. The van der Waals surface area contributed by atoms with Gasteiger partial charge in [-0.3, -0.25) is 19.7 Å². The van der Waals surface area contributed by atoms with Crippen molar-refractivity contribution in [2.45, 2.75) is 19.8 Å². The molecule has 2 N–H and O–H groups in total. The number of rotatable bonds is 7. The smallest absolute Gasteiger partial charge is 0.270 e. The largest absolute Gasteiger partial charge is 0.343 e. The lowest BCUT2D eigenvalue weighted by Gasteiger charge is -2.08. The third-order valence-corrected chi connectivity index (χ3v) is 3.51. The van der Waals surface area contributed by atoms with Gasteiger partial charge in [0.2, 0.25) is 5.91 Å². The van der Waals surface area contributed by atoms with Crippen molar-refractivity contribution >= 4 is 23.2 Å². The Kier molecular flexibility index (Phi) is 6.22. The number of nitrogens with zero attached hydrogens (tertiary/aromatic N) is 1. The van der Waals surface area contributed by atoms with Crippen LogP contribution in [0, 0.1) is 10.1 Å². The number of nitro groups is 1. The maximum atomic E-state index is 12.0. The van der Waals surface area contributed by atoms with Gasteiger partial charge in [-0.15, -0.1) is 0 Å². The van der Waals surface area contributed by atoms with E-state index in [0.717, 1.165) is 12.8 Å². The van der Waals surface area contributed by atoms with Crippen molar-refractivity contribution in [3.63, 3.8) is 0 Å². The molecule has 2 aromatic rings. The number of anilines is 1. The first-order valence-corrected chi connectivity index (χ1v) is 7.91. The van der Waals surface area contributed by atoms with Gasteiger partial charge in [-0.05, 0) is 30.2 Å². The van der Waals surface area contributed by atoms with Crippen LogP contribution in [0.1, 0.15) is 29.3 Å². The van der Waals surface area contributed by atoms with E-state index in [1.165, 1.54) is 29.8 Å². The average Bonchev–Trinajstić information content (AvgIpc) is 2.61. The van der Waals surface area contributed by atoms with Gasteiger partial charge in [-0.1, -0.05) is 31.5 Å². The van der Waals surface area contributed by atoms with Crippen LogP contribution < -0.4 is 10.6 Å². The molecule has 0 aliphatic rings. The first-order valence-electron chi connectivity index (χ1n) is 7.91. The van der Waals surface area contributed by atoms with Gasteiger partial charge in [-0.25, -0.2) is 0 Å². The Hall–Kier alpha value is -3.22. The highest BCUT2D eigenvalue weighted by Gasteiger charge is 2.12. The number of nitrogens with one attached hydrogen (secondary N) is 2. The molecule has 0 atom stereocenters. The fraction of sp³-hybridized carbons (Fsp3) is 0.222. The van der Waals surface area contributed by atoms with Gasteiger partial charge in [0.25, 0.3) is 11.6 Å². The van der Waals surface area contributed by atoms with Crippen molar-refractivity contribution in [1.82, 2.24) is 5.32 Å². The lowest BCUT2D eigenvalue weighted by Crippen LogP contribution is -2.32. The molecule has 0 radical (unpaired) electrons. The van der Waals surface area contributed by atoms with Gasteiger partial charge in [0, 0.05) is 23.4 Å². The summed E-state index contributed by atoms with van der Waals surface area (Å²) in [6.45, 7) is 1.87. The highest BCUT2D eigenvalue weighted by Crippen LogP contribution is 2.13. The summed E-state index contributed by atoms with van der Waals surface area (Å²) in [4.78, 5) is 34.0. The molecule has 130 valence electrons. The molecular weight excluding hydrogens is 322 g/mol. The van der Waals surface area contributed by atoms with Crippen LogP contribution in [-0.2, 0) is 11.2 Å². The van der Waals surface area contributed by atoms with E-state index in [4.69, 9.17) is 0 Å². The molecule has 0 heterocycles. The van der Waals surface area contributed by atoms with Crippen molar-refractivity contribution in [2.75, 3.05) is 11.9 Å². The standard InChI is InChI=1S/C18H19N3O4/c1-2-4-13-7-9-15(10-8-13)20-17(22)12-19-18(23)14-5-3-6-16(11-14)21(24)25/h3,5-11H,2,4,12H2,1H3,(H,19,23)(H,20,22). The lowest BCUT2D eigenvalue weighted by molar-refractivity contribution is -0.384. The van der Waals surface area contributed by atoms with Crippen LogP contribution in [0.4, 0.5) is 11.4 Å². The second-order valence-corrected chi connectivity index (χ2v) is 5.49. The van der Waals surface area contributed by atoms with Crippen LogP contribution in [-0.4, -0.2) is 23.3 Å². The number of hydrogen-bond acceptors (Lipinski definition) is 4. The van der Waals surface area contributed by atoms with E-state index in [0.29, 0.717) is 5.69 Å². The van der Waals surface area contributed by atoms with E-state index < -0.39 is 10.8 Å². The maximum absolute atomic E-state index is 12.0. The summed E-state index contributed by atoms with van der Waals surface area (Å²) in [6, 6.07) is 12.8. The fourth-order valence-electron chi connectivity index (χ4n) is 2.27. The predicted molar refractivity (Wildman–Crippen MR) is 94.5 cm³/mol. The van der Waals surface area contributed by atoms with E-state index in [-0.39, 0.29) is 23.7 Å². The number of hydrogen-bond donors (Lipinski definition) is 2. The Labute approximate surface area is 145 Å². The molecule has 0 aromatic heterocycles. The number of carbonyl (C=O) groups excluding carboxylic acids is 2. The molecule has 0 fully saturated rings. The zero-order valence-electron chi connectivity index (χ0n) is 13.8. The number of carbonyl (C=O) groups is 2. The minimum Gasteiger partial charge on any atom is -0.343 e. The molecule has 2 aromatic carbocycles. The molecule has 0 saturated carbocycles. The van der Waals surface area contributed by atoms with Gasteiger partial charge < -0.3 is 10.6 Å². The molecule has 0 aliphatic heterocycles. The highest BCUT2D eigenvalue weighted by atomic mass is 16.6. The molecule has 7 nitrogen and oxygen atoms in total. The summed E-state index contributed by atoms with van der Waals surface area (Å²) < 4.78 is 0. The lowest BCUT2D eigenvalue weighted by atomic mass is 10.1. The SMILES string of the molecule is CCCc1ccc(NC(=O)CNC(=O)c2cccc([N+](=O)[O-])c2)cc1. The van der Waals surface area contributed by atoms with Crippen molar-refractivity contribution in [1.29, 1.82) is 0 Å². The molecule has 25 heavy (non-hydrogen) atoms. The summed E-state index contributed by atoms with van der Waals surface area (Å²) in [5.74, 6) is -0.917. The Bertz CT molecular complexity index is 772. The Morgan fingerprint density at radius 1 is 1.12 bits per heavy atom. The summed E-state index contributed by atoms with van der Waals surface area (Å²) in [6.07, 6.45) is 2.03. The van der Waals surface area contributed by atoms with Crippen molar-refractivity contribution in [3.8, 4) is 0 Å². The van der Waals surface area contributed by atoms with E-state index in [1.54, 1.807) is 0 Å². The van der Waals surface area contributed by atoms with Crippen LogP contribution in [0.2, 0.25) is 0 Å². The van der Waals surface area contributed by atoms with Gasteiger partial charge in [-0.2, -0.15) is 0 Å². The topological polar surface area (TPSA) is 101 Å². The number of nitro benzene ring substituents is 1. The third-order valence-electron chi connectivity index (χ3n) is 3.51. The number of non-ortho nitro benzene ring substituents is 1. The Balaban J connectivity index is 1.87. The van der Waals surface area contributed by atoms with Crippen LogP contribution in [0.5, 0.6) is 0 Å². The number of benzene rings is 2. The molecular formula is C18H19N3O4. The van der Waals surface area contributed by atoms with E-state index in [1.807, 2.05) is 24.3 Å². The van der Waals surface area contributed by atoms with Gasteiger partial charge in [0.15, 0.2) is 0 Å². The number of amides is 2. The first kappa shape index (κ1) is 18.1. The van der Waals surface area contributed by atoms with Gasteiger partial charge in [0.1, 0.15) is 0 Å². The van der Waals surface area contributed by atoms with Crippen LogP contribution in [0.3, 0.4) is 0 Å². The molecule has 2 rings (SSSR count). The van der Waals surface area contributed by atoms with E-state index in [9.17, 15) is 19.7 Å². The first-order chi connectivity index (χ1) is 12.0. The summed E-state index contributed by atoms with van der Waals surface area (Å²) in [5, 5.41) is 15.8. The molecule has 0 unspecified atom stereocenters. The second kappa shape index (κ2) is 8.58. The van der Waals surface area contributed by atoms with Crippen molar-refractivity contribution in [3.05, 3.63) is 69.8 Å². The van der Waals surface area contributed by atoms with Gasteiger partial charge >= 0.3 is 0 Å². The fourth-order valence-corrected chi connectivity index (χ4v) is 2.27. The van der Waals surface area contributed by atoms with Crippen molar-refractivity contribution in [2.24, 2.45) is 0 Å². The van der Waals surface area contributed by atoms with E-state index in [2.05, 4.69) is 17.6 Å². The molecule has 0 spiro atoms. The van der Waals surface area contributed by atoms with Gasteiger partial charge in [0.05, 0.1) is 11.5 Å². The van der Waals surface area contributed by atoms with Crippen LogP contribution in [0.25, 0.3) is 0 Å². The summed E-state index contributed by atoms with van der Waals surface area (Å²) in [7, 11) is 0. The maximum Gasteiger partial charge on any atom is 0.270 e. The molecule has 7 heteroatoms. The average molecular weight is 341 g/mol. The predicted octanol–water partition coefficient (Wildman–Crippen LogP) is 2.92. The Morgan fingerprint density at radius 2 is 1.84 bits per heavy atom. The van der Waals surface area contributed by atoms with E-state index >= 15 is 0 Å². The van der Waals surface area contributed by atoms with Crippen LogP contribution >= 0.6 is 0 Å². The molecule has 0 saturated heterocycles.